The number of aromatic nitrogens is 2. The first-order valence-electron chi connectivity index (χ1n) is 6.10. The maximum absolute atomic E-state index is 12.8. The molecular weight excluding hydrogens is 306 g/mol. The quantitative estimate of drug-likeness (QED) is 0.658. The van der Waals surface area contributed by atoms with Crippen LogP contribution >= 0.6 is 0 Å². The maximum atomic E-state index is 12.8. The fraction of sp³-hybridized carbons (Fsp3) is 0.231. The number of alkyl halides is 4. The third-order valence-electron chi connectivity index (χ3n) is 2.75. The topological polar surface area (TPSA) is 67.2 Å². The molecule has 0 unspecified atom stereocenters. The Kier molecular flexibility index (Phi) is 4.64. The summed E-state index contributed by atoms with van der Waals surface area (Å²) in [6.45, 7) is -0.680. The van der Waals surface area contributed by atoms with E-state index in [9.17, 15) is 27.5 Å². The minimum atomic E-state index is -3.04. The minimum absolute atomic E-state index is 0.0762. The number of carbonyl (C=O) groups is 1. The molecule has 0 fully saturated rings. The molecule has 0 saturated heterocycles. The zero-order chi connectivity index (χ0) is 16.3. The van der Waals surface area contributed by atoms with Gasteiger partial charge >= 0.3 is 0 Å². The summed E-state index contributed by atoms with van der Waals surface area (Å²) in [5, 5.41) is 15.1. The summed E-state index contributed by atoms with van der Waals surface area (Å²) in [7, 11) is 0. The Labute approximate surface area is 122 Å². The Balaban J connectivity index is 2.16. The van der Waals surface area contributed by atoms with E-state index in [-0.39, 0.29) is 11.4 Å². The van der Waals surface area contributed by atoms with Crippen molar-refractivity contribution >= 4 is 11.6 Å². The summed E-state index contributed by atoms with van der Waals surface area (Å²) in [6.07, 6.45) is -6.06. The van der Waals surface area contributed by atoms with Gasteiger partial charge in [0.05, 0.1) is 5.69 Å². The van der Waals surface area contributed by atoms with E-state index in [0.717, 1.165) is 0 Å². The lowest BCUT2D eigenvalue weighted by Crippen LogP contribution is -2.21. The van der Waals surface area contributed by atoms with Gasteiger partial charge in [0.1, 0.15) is 23.7 Å². The Morgan fingerprint density at radius 2 is 1.91 bits per heavy atom. The molecule has 0 aliphatic rings. The van der Waals surface area contributed by atoms with Crippen molar-refractivity contribution in [3.63, 3.8) is 0 Å². The molecule has 0 aliphatic heterocycles. The first-order valence-corrected chi connectivity index (χ1v) is 6.10. The number of hydrogen-bond donors (Lipinski definition) is 2. The summed E-state index contributed by atoms with van der Waals surface area (Å²) in [5.41, 5.74) is -1.53. The standard InChI is InChI=1S/C13H11F4N3O2/c14-12(15)8-5-9(13(16)17)20(19-8)6-11(22)18-7-3-1-2-4-10(7)21/h1-5,12-13,21H,6H2,(H,18,22). The highest BCUT2D eigenvalue weighted by atomic mass is 19.3. The maximum Gasteiger partial charge on any atom is 0.282 e. The number of hydrogen-bond acceptors (Lipinski definition) is 3. The van der Waals surface area contributed by atoms with Crippen molar-refractivity contribution in [2.45, 2.75) is 19.4 Å². The van der Waals surface area contributed by atoms with Crippen molar-refractivity contribution < 1.29 is 27.5 Å². The Morgan fingerprint density at radius 3 is 2.50 bits per heavy atom. The van der Waals surface area contributed by atoms with E-state index in [2.05, 4.69) is 10.4 Å². The molecule has 2 aromatic rings. The van der Waals surface area contributed by atoms with Crippen LogP contribution in [0.2, 0.25) is 0 Å². The number of amides is 1. The highest BCUT2D eigenvalue weighted by molar-refractivity contribution is 5.91. The van der Waals surface area contributed by atoms with Gasteiger partial charge in [0.15, 0.2) is 0 Å². The summed E-state index contributed by atoms with van der Waals surface area (Å²) in [5.74, 6) is -0.994. The number of nitrogens with zero attached hydrogens (tertiary/aromatic N) is 2. The molecule has 9 heteroatoms. The lowest BCUT2D eigenvalue weighted by Gasteiger charge is -2.09. The second kappa shape index (κ2) is 6.46. The van der Waals surface area contributed by atoms with E-state index in [1.54, 1.807) is 6.07 Å². The average molecular weight is 317 g/mol. The number of phenols is 1. The van der Waals surface area contributed by atoms with Gasteiger partial charge in [-0.25, -0.2) is 17.6 Å². The second-order valence-electron chi connectivity index (χ2n) is 4.32. The Bertz CT molecular complexity index is 673. The van der Waals surface area contributed by atoms with Gasteiger partial charge in [-0.05, 0) is 18.2 Å². The molecule has 0 atom stereocenters. The number of anilines is 1. The lowest BCUT2D eigenvalue weighted by molar-refractivity contribution is -0.117. The molecule has 0 aliphatic carbocycles. The molecular formula is C13H11F4N3O2. The van der Waals surface area contributed by atoms with Crippen LogP contribution in [0.25, 0.3) is 0 Å². The van der Waals surface area contributed by atoms with Crippen LogP contribution in [0.5, 0.6) is 5.75 Å². The van der Waals surface area contributed by atoms with Crippen molar-refractivity contribution in [3.8, 4) is 5.75 Å². The summed E-state index contributed by atoms with van der Waals surface area (Å²) < 4.78 is 51.1. The van der Waals surface area contributed by atoms with Crippen molar-refractivity contribution in [2.24, 2.45) is 0 Å². The van der Waals surface area contributed by atoms with E-state index >= 15 is 0 Å². The predicted octanol–water partition coefficient (Wildman–Crippen LogP) is 3.10. The van der Waals surface area contributed by atoms with E-state index in [0.29, 0.717) is 10.7 Å². The molecule has 2 rings (SSSR count). The second-order valence-corrected chi connectivity index (χ2v) is 4.32. The van der Waals surface area contributed by atoms with Crippen LogP contribution in [0, 0.1) is 0 Å². The predicted molar refractivity (Wildman–Crippen MR) is 68.9 cm³/mol. The first kappa shape index (κ1) is 15.8. The zero-order valence-electron chi connectivity index (χ0n) is 11.0. The van der Waals surface area contributed by atoms with Crippen molar-refractivity contribution in [1.82, 2.24) is 9.78 Å². The lowest BCUT2D eigenvalue weighted by atomic mass is 10.3. The van der Waals surface area contributed by atoms with Crippen LogP contribution in [0.4, 0.5) is 23.2 Å². The number of para-hydroxylation sites is 2. The van der Waals surface area contributed by atoms with Crippen molar-refractivity contribution in [2.75, 3.05) is 5.32 Å². The summed E-state index contributed by atoms with van der Waals surface area (Å²) in [6, 6.07) is 6.35. The van der Waals surface area contributed by atoms with E-state index in [4.69, 9.17) is 0 Å². The number of benzene rings is 1. The highest BCUT2D eigenvalue weighted by Gasteiger charge is 2.22. The third-order valence-corrected chi connectivity index (χ3v) is 2.75. The molecule has 0 bridgehead atoms. The largest absolute Gasteiger partial charge is 0.506 e. The molecule has 1 aromatic heterocycles. The van der Waals surface area contributed by atoms with Gasteiger partial charge in [0.2, 0.25) is 5.91 Å². The van der Waals surface area contributed by atoms with Crippen LogP contribution in [-0.4, -0.2) is 20.8 Å². The summed E-state index contributed by atoms with van der Waals surface area (Å²) >= 11 is 0. The van der Waals surface area contributed by atoms with Crippen LogP contribution in [0.1, 0.15) is 24.2 Å². The molecule has 2 N–H and O–H groups in total. The highest BCUT2D eigenvalue weighted by Crippen LogP contribution is 2.25. The van der Waals surface area contributed by atoms with Crippen molar-refractivity contribution in [1.29, 1.82) is 0 Å². The molecule has 0 saturated carbocycles. The minimum Gasteiger partial charge on any atom is -0.506 e. The van der Waals surface area contributed by atoms with Crippen molar-refractivity contribution in [3.05, 3.63) is 41.7 Å². The van der Waals surface area contributed by atoms with E-state index in [1.165, 1.54) is 18.2 Å². The average Bonchev–Trinajstić information content (AvgIpc) is 2.85. The van der Waals surface area contributed by atoms with Gasteiger partial charge in [0.25, 0.3) is 12.9 Å². The number of rotatable bonds is 5. The SMILES string of the molecule is O=C(Cn1nc(C(F)F)cc1C(F)F)Nc1ccccc1O. The van der Waals surface area contributed by atoms with Gasteiger partial charge in [-0.2, -0.15) is 5.10 Å². The monoisotopic (exact) mass is 317 g/mol. The number of aromatic hydroxyl groups is 1. The van der Waals surface area contributed by atoms with Gasteiger partial charge in [0, 0.05) is 0 Å². The molecule has 22 heavy (non-hydrogen) atoms. The molecule has 118 valence electrons. The third kappa shape index (κ3) is 3.54. The smallest absolute Gasteiger partial charge is 0.282 e. The Hall–Kier alpha value is -2.58. The Morgan fingerprint density at radius 1 is 1.23 bits per heavy atom. The fourth-order valence-corrected chi connectivity index (χ4v) is 1.77. The van der Waals surface area contributed by atoms with Gasteiger partial charge in [-0.15, -0.1) is 0 Å². The van der Waals surface area contributed by atoms with Crippen LogP contribution in [-0.2, 0) is 11.3 Å². The number of halogens is 4. The van der Waals surface area contributed by atoms with E-state index < -0.39 is 36.7 Å². The molecule has 1 aromatic carbocycles. The number of nitrogens with one attached hydrogen (secondary N) is 1. The van der Waals surface area contributed by atoms with Gasteiger partial charge < -0.3 is 10.4 Å². The molecule has 1 heterocycles. The van der Waals surface area contributed by atoms with Gasteiger partial charge in [-0.3, -0.25) is 9.48 Å². The molecule has 0 radical (unpaired) electrons. The molecule has 0 spiro atoms. The van der Waals surface area contributed by atoms with Crippen LogP contribution in [0.3, 0.4) is 0 Å². The normalized spacial score (nSPS) is 11.2. The van der Waals surface area contributed by atoms with E-state index in [1.807, 2.05) is 0 Å². The zero-order valence-corrected chi connectivity index (χ0v) is 11.0. The van der Waals surface area contributed by atoms with Gasteiger partial charge in [-0.1, -0.05) is 12.1 Å². The first-order chi connectivity index (χ1) is 10.4. The molecule has 1 amide bonds. The number of carbonyl (C=O) groups excluding carboxylic acids is 1. The van der Waals surface area contributed by atoms with Crippen LogP contribution in [0.15, 0.2) is 30.3 Å². The molecule has 5 nitrogen and oxygen atoms in total. The summed E-state index contributed by atoms with van der Waals surface area (Å²) in [4.78, 5) is 11.8. The van der Waals surface area contributed by atoms with Crippen LogP contribution < -0.4 is 5.32 Å². The number of phenolic OH excluding ortho intramolecular Hbond substituents is 1. The fourth-order valence-electron chi connectivity index (χ4n) is 1.77.